The molecule has 0 saturated heterocycles. The molecule has 1 atom stereocenters. The molecule has 2 rings (SSSR count). The van der Waals surface area contributed by atoms with E-state index in [4.69, 9.17) is 5.11 Å². The van der Waals surface area contributed by atoms with Crippen LogP contribution >= 0.6 is 0 Å². The molecule has 1 aliphatic rings. The fourth-order valence-electron chi connectivity index (χ4n) is 2.58. The normalized spacial score (nSPS) is 17.4. The minimum Gasteiger partial charge on any atom is -0.481 e. The Hall–Kier alpha value is -2.04. The van der Waals surface area contributed by atoms with Crippen molar-refractivity contribution in [2.45, 2.75) is 50.6 Å². The van der Waals surface area contributed by atoms with Crippen LogP contribution < -0.4 is 10.6 Å². The third-order valence-corrected chi connectivity index (χ3v) is 4.03. The standard InChI is InChI=1S/C16H22N2O3/c1-16(10-5-11-16)18-15(21)17-13(8-9-14(19)20)12-6-3-2-4-7-12/h2-4,6-7,13H,5,8-11H2,1H3,(H,19,20)(H2,17,18,21). The van der Waals surface area contributed by atoms with Crippen molar-refractivity contribution in [1.29, 1.82) is 0 Å². The molecule has 5 nitrogen and oxygen atoms in total. The molecule has 1 aliphatic carbocycles. The van der Waals surface area contributed by atoms with E-state index in [0.717, 1.165) is 24.8 Å². The second-order valence-electron chi connectivity index (χ2n) is 5.91. The van der Waals surface area contributed by atoms with E-state index >= 15 is 0 Å². The molecule has 2 amide bonds. The summed E-state index contributed by atoms with van der Waals surface area (Å²) in [5.41, 5.74) is 0.811. The van der Waals surface area contributed by atoms with E-state index in [1.807, 2.05) is 37.3 Å². The van der Waals surface area contributed by atoms with E-state index < -0.39 is 5.97 Å². The highest BCUT2D eigenvalue weighted by Gasteiger charge is 2.33. The number of carboxylic acid groups (broad SMARTS) is 1. The van der Waals surface area contributed by atoms with Gasteiger partial charge in [0.25, 0.3) is 0 Å². The summed E-state index contributed by atoms with van der Waals surface area (Å²) in [4.78, 5) is 22.9. The molecule has 1 fully saturated rings. The van der Waals surface area contributed by atoms with E-state index in [-0.39, 0.29) is 24.0 Å². The minimum atomic E-state index is -0.857. The highest BCUT2D eigenvalue weighted by atomic mass is 16.4. The maximum atomic E-state index is 12.1. The topological polar surface area (TPSA) is 78.4 Å². The Bertz CT molecular complexity index is 498. The molecule has 0 aliphatic heterocycles. The second kappa shape index (κ2) is 6.61. The first kappa shape index (κ1) is 15.4. The first-order valence-corrected chi connectivity index (χ1v) is 7.34. The number of hydrogen-bond acceptors (Lipinski definition) is 2. The summed E-state index contributed by atoms with van der Waals surface area (Å²) in [6.45, 7) is 2.03. The van der Waals surface area contributed by atoms with Gasteiger partial charge in [-0.25, -0.2) is 4.79 Å². The lowest BCUT2D eigenvalue weighted by molar-refractivity contribution is -0.137. The lowest BCUT2D eigenvalue weighted by Gasteiger charge is -2.39. The average Bonchev–Trinajstić information content (AvgIpc) is 2.42. The molecule has 0 aromatic heterocycles. The number of nitrogens with one attached hydrogen (secondary N) is 2. The Kier molecular flexibility index (Phi) is 4.83. The van der Waals surface area contributed by atoms with Gasteiger partial charge in [0.1, 0.15) is 0 Å². The summed E-state index contributed by atoms with van der Waals surface area (Å²) in [5.74, 6) is -0.857. The molecule has 1 unspecified atom stereocenters. The summed E-state index contributed by atoms with van der Waals surface area (Å²) in [5, 5.41) is 14.7. The third-order valence-electron chi connectivity index (χ3n) is 4.03. The Morgan fingerprint density at radius 2 is 1.95 bits per heavy atom. The lowest BCUT2D eigenvalue weighted by Crippen LogP contribution is -2.54. The highest BCUT2D eigenvalue weighted by molar-refractivity contribution is 5.75. The van der Waals surface area contributed by atoms with Crippen molar-refractivity contribution in [2.24, 2.45) is 0 Å². The summed E-state index contributed by atoms with van der Waals surface area (Å²) >= 11 is 0. The molecule has 5 heteroatoms. The number of carboxylic acids is 1. The largest absolute Gasteiger partial charge is 0.481 e. The minimum absolute atomic E-state index is 0.0249. The highest BCUT2D eigenvalue weighted by Crippen LogP contribution is 2.31. The van der Waals surface area contributed by atoms with Gasteiger partial charge >= 0.3 is 12.0 Å². The van der Waals surface area contributed by atoms with Crippen molar-refractivity contribution >= 4 is 12.0 Å². The zero-order valence-electron chi connectivity index (χ0n) is 12.3. The first-order chi connectivity index (χ1) is 9.98. The van der Waals surface area contributed by atoms with Crippen LogP contribution in [0.15, 0.2) is 30.3 Å². The lowest BCUT2D eigenvalue weighted by atomic mass is 9.79. The van der Waals surface area contributed by atoms with Gasteiger partial charge in [-0.05, 0) is 38.2 Å². The van der Waals surface area contributed by atoms with Crippen LogP contribution in [-0.4, -0.2) is 22.6 Å². The second-order valence-corrected chi connectivity index (χ2v) is 5.91. The summed E-state index contributed by atoms with van der Waals surface area (Å²) in [7, 11) is 0. The van der Waals surface area contributed by atoms with E-state index in [0.29, 0.717) is 6.42 Å². The molecular weight excluding hydrogens is 268 g/mol. The zero-order chi connectivity index (χ0) is 15.3. The monoisotopic (exact) mass is 290 g/mol. The molecule has 1 saturated carbocycles. The van der Waals surface area contributed by atoms with E-state index in [1.165, 1.54) is 0 Å². The van der Waals surface area contributed by atoms with Gasteiger partial charge in [-0.2, -0.15) is 0 Å². The van der Waals surface area contributed by atoms with Crippen molar-refractivity contribution < 1.29 is 14.7 Å². The maximum Gasteiger partial charge on any atom is 0.315 e. The SMILES string of the molecule is CC1(NC(=O)NC(CCC(=O)O)c2ccccc2)CCC1. The number of rotatable bonds is 6. The number of aliphatic carboxylic acids is 1. The van der Waals surface area contributed by atoms with Gasteiger partial charge in [0.05, 0.1) is 6.04 Å². The van der Waals surface area contributed by atoms with E-state index in [1.54, 1.807) is 0 Å². The van der Waals surface area contributed by atoms with Crippen LogP contribution in [0.3, 0.4) is 0 Å². The van der Waals surface area contributed by atoms with Crippen molar-refractivity contribution in [2.75, 3.05) is 0 Å². The molecule has 21 heavy (non-hydrogen) atoms. The van der Waals surface area contributed by atoms with E-state index in [2.05, 4.69) is 10.6 Å². The Morgan fingerprint density at radius 1 is 1.29 bits per heavy atom. The number of amides is 2. The molecule has 3 N–H and O–H groups in total. The van der Waals surface area contributed by atoms with E-state index in [9.17, 15) is 9.59 Å². The average molecular weight is 290 g/mol. The van der Waals surface area contributed by atoms with Crippen molar-refractivity contribution in [3.8, 4) is 0 Å². The summed E-state index contributed by atoms with van der Waals surface area (Å²) in [6, 6.07) is 8.96. The molecule has 1 aromatic rings. The zero-order valence-corrected chi connectivity index (χ0v) is 12.3. The van der Waals surface area contributed by atoms with Gasteiger partial charge < -0.3 is 15.7 Å². The van der Waals surface area contributed by atoms with Crippen LogP contribution in [0.2, 0.25) is 0 Å². The van der Waals surface area contributed by atoms with Crippen molar-refractivity contribution in [3.05, 3.63) is 35.9 Å². The Balaban J connectivity index is 1.98. The number of carbonyl (C=O) groups excluding carboxylic acids is 1. The van der Waals surface area contributed by atoms with Crippen LogP contribution in [0.1, 0.15) is 50.6 Å². The Morgan fingerprint density at radius 3 is 2.48 bits per heavy atom. The molecule has 114 valence electrons. The third kappa shape index (κ3) is 4.48. The number of carbonyl (C=O) groups is 2. The molecular formula is C16H22N2O3. The van der Waals surface area contributed by atoms with Gasteiger partial charge in [-0.1, -0.05) is 30.3 Å². The van der Waals surface area contributed by atoms with Crippen LogP contribution in [0.25, 0.3) is 0 Å². The van der Waals surface area contributed by atoms with Crippen molar-refractivity contribution in [3.63, 3.8) is 0 Å². The maximum absolute atomic E-state index is 12.1. The molecule has 0 heterocycles. The quantitative estimate of drug-likeness (QED) is 0.754. The fraction of sp³-hybridized carbons (Fsp3) is 0.500. The van der Waals surface area contributed by atoms with Crippen LogP contribution in [0.4, 0.5) is 4.79 Å². The number of hydrogen-bond donors (Lipinski definition) is 3. The fourth-order valence-corrected chi connectivity index (χ4v) is 2.58. The summed E-state index contributed by atoms with van der Waals surface area (Å²) in [6.07, 6.45) is 3.52. The summed E-state index contributed by atoms with van der Waals surface area (Å²) < 4.78 is 0. The first-order valence-electron chi connectivity index (χ1n) is 7.34. The number of benzene rings is 1. The molecule has 0 spiro atoms. The Labute approximate surface area is 124 Å². The van der Waals surface area contributed by atoms with Crippen LogP contribution in [-0.2, 0) is 4.79 Å². The predicted octanol–water partition coefficient (Wildman–Crippen LogP) is 2.83. The van der Waals surface area contributed by atoms with Gasteiger partial charge in [-0.3, -0.25) is 4.79 Å². The molecule has 0 bridgehead atoms. The predicted molar refractivity (Wildman–Crippen MR) is 80.0 cm³/mol. The smallest absolute Gasteiger partial charge is 0.315 e. The number of urea groups is 1. The van der Waals surface area contributed by atoms with Crippen molar-refractivity contribution in [1.82, 2.24) is 10.6 Å². The molecule has 1 aromatic carbocycles. The van der Waals surface area contributed by atoms with Gasteiger partial charge in [0, 0.05) is 12.0 Å². The van der Waals surface area contributed by atoms with Crippen LogP contribution in [0, 0.1) is 0 Å². The molecule has 0 radical (unpaired) electrons. The van der Waals surface area contributed by atoms with Gasteiger partial charge in [-0.15, -0.1) is 0 Å². The van der Waals surface area contributed by atoms with Gasteiger partial charge in [0.15, 0.2) is 0 Å². The van der Waals surface area contributed by atoms with Crippen LogP contribution in [0.5, 0.6) is 0 Å². The van der Waals surface area contributed by atoms with Gasteiger partial charge in [0.2, 0.25) is 0 Å².